The van der Waals surface area contributed by atoms with E-state index in [-0.39, 0.29) is 22.2 Å². The van der Waals surface area contributed by atoms with Crippen LogP contribution in [0.5, 0.6) is 5.75 Å². The van der Waals surface area contributed by atoms with Gasteiger partial charge in [-0.25, -0.2) is 8.42 Å². The van der Waals surface area contributed by atoms with Crippen LogP contribution in [0, 0.1) is 0 Å². The average Bonchev–Trinajstić information content (AvgIpc) is 3.46. The van der Waals surface area contributed by atoms with Crippen LogP contribution in [-0.4, -0.2) is 36.8 Å². The molecule has 0 radical (unpaired) electrons. The van der Waals surface area contributed by atoms with Gasteiger partial charge in [0, 0.05) is 18.1 Å². The summed E-state index contributed by atoms with van der Waals surface area (Å²) in [6, 6.07) is 11.0. The molecule has 1 amide bonds. The highest BCUT2D eigenvalue weighted by atomic mass is 35.5. The SMILES string of the molecule is CCN(CC)S(=O)(=O)c1ccc(O)c(NC(=O)C2(c3ccc(Cl)cc3)CC2)c1. The molecule has 0 aliphatic heterocycles. The number of aromatic hydroxyl groups is 1. The largest absolute Gasteiger partial charge is 0.506 e. The number of hydrogen-bond acceptors (Lipinski definition) is 4. The topological polar surface area (TPSA) is 86.7 Å². The summed E-state index contributed by atoms with van der Waals surface area (Å²) in [7, 11) is -3.70. The lowest BCUT2D eigenvalue weighted by molar-refractivity contribution is -0.118. The number of nitrogens with zero attached hydrogens (tertiary/aromatic N) is 1. The number of benzene rings is 2. The Bertz CT molecular complexity index is 982. The number of hydrogen-bond donors (Lipinski definition) is 2. The van der Waals surface area contributed by atoms with Crippen molar-refractivity contribution in [3.8, 4) is 5.75 Å². The van der Waals surface area contributed by atoms with E-state index in [0.717, 1.165) is 5.56 Å². The highest BCUT2D eigenvalue weighted by Crippen LogP contribution is 2.49. The molecule has 0 aromatic heterocycles. The van der Waals surface area contributed by atoms with Crippen molar-refractivity contribution < 1.29 is 18.3 Å². The third kappa shape index (κ3) is 3.74. The van der Waals surface area contributed by atoms with Crippen LogP contribution in [0.1, 0.15) is 32.3 Å². The van der Waals surface area contributed by atoms with Crippen molar-refractivity contribution in [1.82, 2.24) is 4.31 Å². The van der Waals surface area contributed by atoms with Crippen LogP contribution in [0.25, 0.3) is 0 Å². The molecule has 0 saturated heterocycles. The maximum Gasteiger partial charge on any atom is 0.243 e. The Balaban J connectivity index is 1.89. The van der Waals surface area contributed by atoms with Crippen molar-refractivity contribution in [2.24, 2.45) is 0 Å². The third-order valence-corrected chi connectivity index (χ3v) is 7.44. The van der Waals surface area contributed by atoms with Gasteiger partial charge in [-0.3, -0.25) is 4.79 Å². The van der Waals surface area contributed by atoms with E-state index >= 15 is 0 Å². The fourth-order valence-corrected chi connectivity index (χ4v) is 4.88. The number of anilines is 1. The molecular weight excluding hydrogens is 400 g/mol. The lowest BCUT2D eigenvalue weighted by Gasteiger charge is -2.20. The van der Waals surface area contributed by atoms with Gasteiger partial charge in [-0.05, 0) is 48.7 Å². The predicted octanol–water partition coefficient (Wildman–Crippen LogP) is 3.75. The summed E-state index contributed by atoms with van der Waals surface area (Å²) in [5.41, 5.74) is 0.254. The Morgan fingerprint density at radius 1 is 1.14 bits per heavy atom. The molecule has 1 saturated carbocycles. The highest BCUT2D eigenvalue weighted by Gasteiger charge is 2.51. The summed E-state index contributed by atoms with van der Waals surface area (Å²) in [5, 5.41) is 13.5. The van der Waals surface area contributed by atoms with Crippen molar-refractivity contribution in [3.05, 3.63) is 53.1 Å². The molecule has 28 heavy (non-hydrogen) atoms. The highest BCUT2D eigenvalue weighted by molar-refractivity contribution is 7.89. The quantitative estimate of drug-likeness (QED) is 0.665. The van der Waals surface area contributed by atoms with Crippen LogP contribution in [-0.2, 0) is 20.2 Å². The van der Waals surface area contributed by atoms with Crippen molar-refractivity contribution in [2.45, 2.75) is 37.0 Å². The second kappa shape index (κ2) is 7.73. The van der Waals surface area contributed by atoms with Gasteiger partial charge < -0.3 is 10.4 Å². The molecule has 0 atom stereocenters. The summed E-state index contributed by atoms with van der Waals surface area (Å²) in [6.07, 6.45) is 1.36. The minimum atomic E-state index is -3.70. The van der Waals surface area contributed by atoms with E-state index in [1.165, 1.54) is 22.5 Å². The molecule has 6 nitrogen and oxygen atoms in total. The van der Waals surface area contributed by atoms with E-state index in [4.69, 9.17) is 11.6 Å². The molecule has 3 rings (SSSR count). The zero-order valence-electron chi connectivity index (χ0n) is 15.8. The van der Waals surface area contributed by atoms with Gasteiger partial charge in [-0.1, -0.05) is 37.6 Å². The van der Waals surface area contributed by atoms with Gasteiger partial charge in [-0.2, -0.15) is 4.31 Å². The number of carbonyl (C=O) groups is 1. The van der Waals surface area contributed by atoms with Gasteiger partial charge in [0.1, 0.15) is 5.75 Å². The fraction of sp³-hybridized carbons (Fsp3) is 0.350. The first-order valence-corrected chi connectivity index (χ1v) is 11.0. The summed E-state index contributed by atoms with van der Waals surface area (Å²) in [4.78, 5) is 13.0. The number of phenols is 1. The van der Waals surface area contributed by atoms with E-state index in [1.54, 1.807) is 26.0 Å². The van der Waals surface area contributed by atoms with Gasteiger partial charge in [-0.15, -0.1) is 0 Å². The minimum absolute atomic E-state index is 0.0284. The van der Waals surface area contributed by atoms with Crippen LogP contribution < -0.4 is 5.32 Å². The Kier molecular flexibility index (Phi) is 5.70. The molecule has 0 heterocycles. The maximum atomic E-state index is 12.9. The summed E-state index contributed by atoms with van der Waals surface area (Å²) >= 11 is 5.93. The van der Waals surface area contributed by atoms with Crippen LogP contribution in [0.3, 0.4) is 0 Å². The van der Waals surface area contributed by atoms with Gasteiger partial charge in [0.15, 0.2) is 0 Å². The molecule has 1 aliphatic rings. The molecule has 0 unspecified atom stereocenters. The van der Waals surface area contributed by atoms with Gasteiger partial charge >= 0.3 is 0 Å². The Hall–Kier alpha value is -2.09. The first-order chi connectivity index (χ1) is 13.2. The molecule has 150 valence electrons. The van der Waals surface area contributed by atoms with Gasteiger partial charge in [0.25, 0.3) is 0 Å². The van der Waals surface area contributed by atoms with E-state index < -0.39 is 15.4 Å². The zero-order chi connectivity index (χ0) is 20.5. The molecule has 0 bridgehead atoms. The monoisotopic (exact) mass is 422 g/mol. The van der Waals surface area contributed by atoms with Crippen molar-refractivity contribution in [2.75, 3.05) is 18.4 Å². The maximum absolute atomic E-state index is 12.9. The number of sulfonamides is 1. The van der Waals surface area contributed by atoms with Gasteiger partial charge in [0.05, 0.1) is 16.0 Å². The Morgan fingerprint density at radius 2 is 1.75 bits per heavy atom. The number of carbonyl (C=O) groups excluding carboxylic acids is 1. The summed E-state index contributed by atoms with van der Waals surface area (Å²) < 4.78 is 26.8. The summed E-state index contributed by atoms with van der Waals surface area (Å²) in [6.45, 7) is 4.18. The second-order valence-electron chi connectivity index (χ2n) is 6.81. The molecular formula is C20H23ClN2O4S. The predicted molar refractivity (Wildman–Crippen MR) is 109 cm³/mol. The van der Waals surface area contributed by atoms with Gasteiger partial charge in [0.2, 0.25) is 15.9 Å². The first-order valence-electron chi connectivity index (χ1n) is 9.15. The fourth-order valence-electron chi connectivity index (χ4n) is 3.27. The summed E-state index contributed by atoms with van der Waals surface area (Å²) in [5.74, 6) is -0.457. The zero-order valence-corrected chi connectivity index (χ0v) is 17.3. The minimum Gasteiger partial charge on any atom is -0.506 e. The van der Waals surface area contributed by atoms with Crippen LogP contribution in [0.2, 0.25) is 5.02 Å². The molecule has 2 N–H and O–H groups in total. The van der Waals surface area contributed by atoms with E-state index in [2.05, 4.69) is 5.32 Å². The standard InChI is InChI=1S/C20H23ClN2O4S/c1-3-23(4-2)28(26,27)16-9-10-18(24)17(13-16)22-19(25)20(11-12-20)14-5-7-15(21)8-6-14/h5-10,13,24H,3-4,11-12H2,1-2H3,(H,22,25). The molecule has 8 heteroatoms. The molecule has 1 fully saturated rings. The van der Waals surface area contributed by atoms with Crippen molar-refractivity contribution in [1.29, 1.82) is 0 Å². The Labute approximate surface area is 170 Å². The lowest BCUT2D eigenvalue weighted by atomic mass is 9.95. The van der Waals surface area contributed by atoms with Crippen LogP contribution in [0.4, 0.5) is 5.69 Å². The van der Waals surface area contributed by atoms with Crippen molar-refractivity contribution in [3.63, 3.8) is 0 Å². The van der Waals surface area contributed by atoms with Crippen LogP contribution in [0.15, 0.2) is 47.4 Å². The third-order valence-electron chi connectivity index (χ3n) is 5.14. The molecule has 2 aromatic carbocycles. The van der Waals surface area contributed by atoms with Crippen molar-refractivity contribution >= 4 is 33.2 Å². The average molecular weight is 423 g/mol. The second-order valence-corrected chi connectivity index (χ2v) is 9.19. The lowest BCUT2D eigenvalue weighted by Crippen LogP contribution is -2.31. The first kappa shape index (κ1) is 20.6. The number of rotatable bonds is 7. The molecule has 0 spiro atoms. The molecule has 2 aromatic rings. The normalized spacial score (nSPS) is 15.4. The van der Waals surface area contributed by atoms with E-state index in [1.807, 2.05) is 12.1 Å². The number of phenolic OH excluding ortho intramolecular Hbond substituents is 1. The number of halogens is 1. The van der Waals surface area contributed by atoms with E-state index in [9.17, 15) is 18.3 Å². The molecule has 1 aliphatic carbocycles. The Morgan fingerprint density at radius 3 is 2.29 bits per heavy atom. The smallest absolute Gasteiger partial charge is 0.243 e. The number of amides is 1. The van der Waals surface area contributed by atoms with E-state index in [0.29, 0.717) is 31.0 Å². The van der Waals surface area contributed by atoms with Crippen LogP contribution >= 0.6 is 11.6 Å². The number of nitrogens with one attached hydrogen (secondary N) is 1.